The predicted molar refractivity (Wildman–Crippen MR) is 116 cm³/mol. The third kappa shape index (κ3) is 4.26. The first-order valence-electron chi connectivity index (χ1n) is 9.69. The van der Waals surface area contributed by atoms with E-state index >= 15 is 0 Å². The van der Waals surface area contributed by atoms with Crippen molar-refractivity contribution in [3.05, 3.63) is 71.1 Å². The van der Waals surface area contributed by atoms with Gasteiger partial charge in [-0.3, -0.25) is 9.69 Å². The molecule has 3 amide bonds. The Kier molecular flexibility index (Phi) is 5.78. The Bertz CT molecular complexity index is 996. The Labute approximate surface area is 173 Å². The molecule has 4 rings (SSSR count). The van der Waals surface area contributed by atoms with E-state index in [4.69, 9.17) is 5.73 Å². The molecule has 1 saturated heterocycles. The summed E-state index contributed by atoms with van der Waals surface area (Å²) in [5.74, 6) is -0.363. The molecule has 150 valence electrons. The number of thiophene rings is 1. The fourth-order valence-corrected chi connectivity index (χ4v) is 4.79. The molecule has 3 N–H and O–H groups in total. The fraction of sp³-hybridized carbons (Fsp3) is 0.273. The van der Waals surface area contributed by atoms with Gasteiger partial charge in [-0.15, -0.1) is 11.3 Å². The minimum Gasteiger partial charge on any atom is -0.368 e. The van der Waals surface area contributed by atoms with Crippen molar-refractivity contribution in [2.45, 2.75) is 12.6 Å². The molecule has 0 radical (unpaired) electrons. The van der Waals surface area contributed by atoms with Crippen LogP contribution in [0.2, 0.25) is 0 Å². The van der Waals surface area contributed by atoms with Crippen molar-refractivity contribution in [2.24, 2.45) is 5.73 Å². The van der Waals surface area contributed by atoms with Crippen LogP contribution in [0.25, 0.3) is 10.1 Å². The number of carbonyl (C=O) groups excluding carboxylic acids is 2. The first-order valence-corrected chi connectivity index (χ1v) is 10.6. The van der Waals surface area contributed by atoms with E-state index in [2.05, 4.69) is 22.8 Å². The molecular formula is C22H24N4O2S. The van der Waals surface area contributed by atoms with Crippen molar-refractivity contribution in [2.75, 3.05) is 26.2 Å². The normalized spacial score (nSPS) is 15.9. The minimum absolute atomic E-state index is 0.0738. The number of rotatable bonds is 5. The molecule has 6 nitrogen and oxygen atoms in total. The van der Waals surface area contributed by atoms with Crippen LogP contribution in [0.1, 0.15) is 17.2 Å². The SMILES string of the molecule is NC(=O)C(c1ccccc1)N1CCN(C(=O)NCc2csc3ccccc23)CC1. The van der Waals surface area contributed by atoms with E-state index in [0.717, 1.165) is 11.1 Å². The number of piperazine rings is 1. The number of nitrogens with one attached hydrogen (secondary N) is 1. The highest BCUT2D eigenvalue weighted by atomic mass is 32.1. The zero-order valence-electron chi connectivity index (χ0n) is 16.1. The van der Waals surface area contributed by atoms with Crippen molar-refractivity contribution in [1.29, 1.82) is 0 Å². The number of nitrogens with zero attached hydrogens (tertiary/aromatic N) is 2. The summed E-state index contributed by atoms with van der Waals surface area (Å²) in [5.41, 5.74) is 7.69. The van der Waals surface area contributed by atoms with E-state index in [9.17, 15) is 9.59 Å². The highest BCUT2D eigenvalue weighted by Gasteiger charge is 2.30. The second-order valence-corrected chi connectivity index (χ2v) is 8.07. The molecule has 29 heavy (non-hydrogen) atoms. The van der Waals surface area contributed by atoms with Gasteiger partial charge in [0.15, 0.2) is 0 Å². The van der Waals surface area contributed by atoms with E-state index in [0.29, 0.717) is 32.7 Å². The Morgan fingerprint density at radius 1 is 1.00 bits per heavy atom. The van der Waals surface area contributed by atoms with E-state index in [-0.39, 0.29) is 11.9 Å². The predicted octanol–water partition coefficient (Wildman–Crippen LogP) is 2.96. The smallest absolute Gasteiger partial charge is 0.317 e. The molecule has 3 aromatic rings. The van der Waals surface area contributed by atoms with E-state index in [1.165, 1.54) is 10.1 Å². The van der Waals surface area contributed by atoms with Crippen molar-refractivity contribution in [3.63, 3.8) is 0 Å². The largest absolute Gasteiger partial charge is 0.368 e. The number of nitrogens with two attached hydrogens (primary N) is 1. The number of hydrogen-bond donors (Lipinski definition) is 2. The summed E-state index contributed by atoms with van der Waals surface area (Å²) >= 11 is 1.69. The third-order valence-corrected chi connectivity index (χ3v) is 6.35. The van der Waals surface area contributed by atoms with Crippen LogP contribution in [0.4, 0.5) is 4.79 Å². The molecule has 1 aliphatic heterocycles. The van der Waals surface area contributed by atoms with Gasteiger partial charge in [0.1, 0.15) is 6.04 Å². The van der Waals surface area contributed by atoms with Gasteiger partial charge in [0.2, 0.25) is 5.91 Å². The molecule has 0 spiro atoms. The molecule has 1 atom stereocenters. The van der Waals surface area contributed by atoms with Gasteiger partial charge in [-0.25, -0.2) is 4.79 Å². The molecule has 0 bridgehead atoms. The van der Waals surface area contributed by atoms with Crippen LogP contribution >= 0.6 is 11.3 Å². The molecule has 1 unspecified atom stereocenters. The van der Waals surface area contributed by atoms with Gasteiger partial charge in [-0.05, 0) is 28.0 Å². The average Bonchev–Trinajstić information content (AvgIpc) is 3.16. The molecular weight excluding hydrogens is 384 g/mol. The summed E-state index contributed by atoms with van der Waals surface area (Å²) < 4.78 is 1.23. The number of urea groups is 1. The lowest BCUT2D eigenvalue weighted by Gasteiger charge is -2.38. The van der Waals surface area contributed by atoms with Crippen LogP contribution in [-0.4, -0.2) is 47.9 Å². The molecule has 2 aromatic carbocycles. The van der Waals surface area contributed by atoms with E-state index in [1.807, 2.05) is 47.4 Å². The van der Waals surface area contributed by atoms with Crippen molar-refractivity contribution in [1.82, 2.24) is 15.1 Å². The van der Waals surface area contributed by atoms with Crippen molar-refractivity contribution < 1.29 is 9.59 Å². The number of benzene rings is 2. The Balaban J connectivity index is 1.34. The first kappa shape index (κ1) is 19.4. The zero-order valence-corrected chi connectivity index (χ0v) is 16.9. The lowest BCUT2D eigenvalue weighted by atomic mass is 10.0. The maximum absolute atomic E-state index is 12.6. The average molecular weight is 409 g/mol. The molecule has 0 saturated carbocycles. The van der Waals surface area contributed by atoms with Gasteiger partial charge < -0.3 is 16.0 Å². The maximum atomic E-state index is 12.6. The molecule has 1 fully saturated rings. The second kappa shape index (κ2) is 8.63. The lowest BCUT2D eigenvalue weighted by molar-refractivity contribution is -0.124. The van der Waals surface area contributed by atoms with Gasteiger partial charge in [0.05, 0.1) is 0 Å². The Morgan fingerprint density at radius 3 is 2.41 bits per heavy atom. The van der Waals surface area contributed by atoms with Gasteiger partial charge in [-0.1, -0.05) is 48.5 Å². The van der Waals surface area contributed by atoms with Crippen molar-refractivity contribution in [3.8, 4) is 0 Å². The Morgan fingerprint density at radius 2 is 1.69 bits per heavy atom. The van der Waals surface area contributed by atoms with E-state index < -0.39 is 6.04 Å². The van der Waals surface area contributed by atoms with Crippen LogP contribution in [0.15, 0.2) is 60.0 Å². The summed E-state index contributed by atoms with van der Waals surface area (Å²) in [5, 5.41) is 6.32. The lowest BCUT2D eigenvalue weighted by Crippen LogP contribution is -2.53. The van der Waals surface area contributed by atoms with Crippen LogP contribution in [0, 0.1) is 0 Å². The Hall–Kier alpha value is -2.90. The number of primary amides is 1. The standard InChI is InChI=1S/C22H24N4O2S/c23-21(27)20(16-6-2-1-3-7-16)25-10-12-26(13-11-25)22(28)24-14-17-15-29-19-9-5-4-8-18(17)19/h1-9,15,20H,10-14H2,(H2,23,27)(H,24,28). The number of hydrogen-bond acceptors (Lipinski definition) is 4. The minimum atomic E-state index is -0.460. The van der Waals surface area contributed by atoms with Gasteiger partial charge >= 0.3 is 6.03 Å². The molecule has 1 aromatic heterocycles. The van der Waals surface area contributed by atoms with Gasteiger partial charge in [0, 0.05) is 37.4 Å². The highest BCUT2D eigenvalue weighted by molar-refractivity contribution is 7.17. The highest BCUT2D eigenvalue weighted by Crippen LogP contribution is 2.25. The summed E-state index contributed by atoms with van der Waals surface area (Å²) in [6.45, 7) is 2.85. The van der Waals surface area contributed by atoms with Gasteiger partial charge in [0.25, 0.3) is 0 Å². The number of amides is 3. The maximum Gasteiger partial charge on any atom is 0.317 e. The first-order chi connectivity index (χ1) is 14.1. The summed E-state index contributed by atoms with van der Waals surface area (Å²) in [4.78, 5) is 28.5. The summed E-state index contributed by atoms with van der Waals surface area (Å²) in [6.07, 6.45) is 0. The number of carbonyl (C=O) groups is 2. The number of fused-ring (bicyclic) bond motifs is 1. The third-order valence-electron chi connectivity index (χ3n) is 5.34. The van der Waals surface area contributed by atoms with Crippen LogP contribution in [0.5, 0.6) is 0 Å². The zero-order chi connectivity index (χ0) is 20.2. The molecule has 7 heteroatoms. The molecule has 0 aliphatic carbocycles. The second-order valence-electron chi connectivity index (χ2n) is 7.15. The van der Waals surface area contributed by atoms with Crippen LogP contribution < -0.4 is 11.1 Å². The summed E-state index contributed by atoms with van der Waals surface area (Å²) in [6, 6.07) is 17.2. The van der Waals surface area contributed by atoms with E-state index in [1.54, 1.807) is 16.2 Å². The molecule has 2 heterocycles. The monoisotopic (exact) mass is 408 g/mol. The van der Waals surface area contributed by atoms with Crippen LogP contribution in [0.3, 0.4) is 0 Å². The fourth-order valence-electron chi connectivity index (χ4n) is 3.83. The quantitative estimate of drug-likeness (QED) is 0.681. The van der Waals surface area contributed by atoms with Gasteiger partial charge in [-0.2, -0.15) is 0 Å². The topological polar surface area (TPSA) is 78.7 Å². The molecule has 1 aliphatic rings. The summed E-state index contributed by atoms with van der Waals surface area (Å²) in [7, 11) is 0. The van der Waals surface area contributed by atoms with Crippen LogP contribution in [-0.2, 0) is 11.3 Å². The van der Waals surface area contributed by atoms with Crippen molar-refractivity contribution >= 4 is 33.4 Å².